The van der Waals surface area contributed by atoms with E-state index in [0.717, 1.165) is 0 Å². The first-order valence-corrected chi connectivity index (χ1v) is 4.59. The van der Waals surface area contributed by atoms with Crippen molar-refractivity contribution >= 4 is 5.88 Å². The van der Waals surface area contributed by atoms with Gasteiger partial charge in [0.05, 0.1) is 12.6 Å². The Kier molecular flexibility index (Phi) is 2.61. The van der Waals surface area contributed by atoms with Gasteiger partial charge in [0.25, 0.3) is 5.56 Å². The molecule has 0 unspecified atom stereocenters. The third-order valence-electron chi connectivity index (χ3n) is 2.05. The summed E-state index contributed by atoms with van der Waals surface area (Å²) in [4.78, 5) is 33.9. The molecule has 0 spiro atoms. The molecule has 0 atom stereocenters. The van der Waals surface area contributed by atoms with Crippen LogP contribution in [-0.2, 0) is 6.54 Å². The zero-order valence-electron chi connectivity index (χ0n) is 8.45. The standard InChI is InChI=1S/C9H7N3O5/c13-7-3-4-11(9(14)10-7)5-6-1-2-8(17-6)12(15)16/h1-4H,5H2,(H,10,13,14). The summed E-state index contributed by atoms with van der Waals surface area (Å²) >= 11 is 0. The highest BCUT2D eigenvalue weighted by Crippen LogP contribution is 2.15. The molecule has 0 aromatic carbocycles. The number of nitro groups is 1. The van der Waals surface area contributed by atoms with Crippen LogP contribution in [0.1, 0.15) is 5.76 Å². The highest BCUT2D eigenvalue weighted by Gasteiger charge is 2.12. The van der Waals surface area contributed by atoms with E-state index in [9.17, 15) is 19.7 Å². The smallest absolute Gasteiger partial charge is 0.404 e. The van der Waals surface area contributed by atoms with Crippen LogP contribution >= 0.6 is 0 Å². The number of H-pyrrole nitrogens is 1. The van der Waals surface area contributed by atoms with Gasteiger partial charge in [-0.3, -0.25) is 24.5 Å². The number of aromatic nitrogens is 2. The molecule has 2 heterocycles. The molecule has 0 aliphatic carbocycles. The van der Waals surface area contributed by atoms with E-state index < -0.39 is 22.1 Å². The molecule has 0 bridgehead atoms. The molecule has 0 saturated heterocycles. The number of rotatable bonds is 3. The predicted molar refractivity (Wildman–Crippen MR) is 55.8 cm³/mol. The van der Waals surface area contributed by atoms with Crippen LogP contribution in [0.4, 0.5) is 5.88 Å². The fourth-order valence-corrected chi connectivity index (χ4v) is 1.29. The van der Waals surface area contributed by atoms with Crippen LogP contribution in [0.3, 0.4) is 0 Å². The minimum Gasteiger partial charge on any atom is -0.404 e. The highest BCUT2D eigenvalue weighted by atomic mass is 16.6. The topological polar surface area (TPSA) is 111 Å². The zero-order chi connectivity index (χ0) is 12.4. The van der Waals surface area contributed by atoms with Crippen LogP contribution < -0.4 is 11.2 Å². The average Bonchev–Trinajstić information content (AvgIpc) is 2.71. The summed E-state index contributed by atoms with van der Waals surface area (Å²) in [5.74, 6) is -0.136. The minimum atomic E-state index is -0.668. The maximum absolute atomic E-state index is 11.3. The third kappa shape index (κ3) is 2.30. The first-order chi connectivity index (χ1) is 8.06. The molecule has 0 aliphatic heterocycles. The third-order valence-corrected chi connectivity index (χ3v) is 2.05. The van der Waals surface area contributed by atoms with E-state index in [1.807, 2.05) is 0 Å². The summed E-state index contributed by atoms with van der Waals surface area (Å²) in [6.07, 6.45) is 1.29. The van der Waals surface area contributed by atoms with Crippen LogP contribution in [0.15, 0.2) is 38.4 Å². The lowest BCUT2D eigenvalue weighted by atomic mass is 10.4. The molecule has 0 saturated carbocycles. The Labute approximate surface area is 93.3 Å². The van der Waals surface area contributed by atoms with Crippen LogP contribution in [0, 0.1) is 10.1 Å². The lowest BCUT2D eigenvalue weighted by Crippen LogP contribution is -2.28. The van der Waals surface area contributed by atoms with Gasteiger partial charge in [0.2, 0.25) is 0 Å². The number of hydrogen-bond donors (Lipinski definition) is 1. The van der Waals surface area contributed by atoms with Gasteiger partial charge in [-0.1, -0.05) is 0 Å². The Hall–Kier alpha value is -2.64. The van der Waals surface area contributed by atoms with Crippen molar-refractivity contribution in [2.75, 3.05) is 0 Å². The van der Waals surface area contributed by atoms with E-state index in [0.29, 0.717) is 0 Å². The van der Waals surface area contributed by atoms with Crippen LogP contribution in [0.2, 0.25) is 0 Å². The van der Waals surface area contributed by atoms with Crippen LogP contribution in [0.5, 0.6) is 0 Å². The van der Waals surface area contributed by atoms with Crippen molar-refractivity contribution in [3.05, 3.63) is 61.1 Å². The van der Waals surface area contributed by atoms with E-state index in [1.165, 1.54) is 29.0 Å². The monoisotopic (exact) mass is 237 g/mol. The Balaban J connectivity index is 2.28. The molecule has 0 radical (unpaired) electrons. The van der Waals surface area contributed by atoms with Gasteiger partial charge in [0, 0.05) is 12.3 Å². The van der Waals surface area contributed by atoms with Crippen molar-refractivity contribution in [2.45, 2.75) is 6.54 Å². The van der Waals surface area contributed by atoms with Gasteiger partial charge < -0.3 is 4.42 Å². The molecule has 8 nitrogen and oxygen atoms in total. The predicted octanol–water partition coefficient (Wildman–Crippen LogP) is 0.0861. The molecule has 17 heavy (non-hydrogen) atoms. The van der Waals surface area contributed by atoms with Gasteiger partial charge in [-0.15, -0.1) is 0 Å². The first kappa shape index (κ1) is 10.9. The number of furan rings is 1. The van der Waals surface area contributed by atoms with Gasteiger partial charge in [-0.25, -0.2) is 4.79 Å². The van der Waals surface area contributed by atoms with Crippen molar-refractivity contribution in [1.29, 1.82) is 0 Å². The molecular formula is C9H7N3O5. The van der Waals surface area contributed by atoms with Gasteiger partial charge in [-0.05, 0) is 6.07 Å². The molecule has 2 aromatic heterocycles. The van der Waals surface area contributed by atoms with E-state index in [2.05, 4.69) is 4.98 Å². The van der Waals surface area contributed by atoms with Gasteiger partial charge in [-0.2, -0.15) is 0 Å². The summed E-state index contributed by atoms with van der Waals surface area (Å²) in [6, 6.07) is 3.78. The SMILES string of the molecule is O=c1ccn(Cc2ccc([N+](=O)[O-])o2)c(=O)[nH]1. The van der Waals surface area contributed by atoms with Crippen molar-refractivity contribution < 1.29 is 9.34 Å². The number of hydrogen-bond acceptors (Lipinski definition) is 5. The molecule has 0 amide bonds. The fourth-order valence-electron chi connectivity index (χ4n) is 1.29. The lowest BCUT2D eigenvalue weighted by Gasteiger charge is -2.00. The Bertz CT molecular complexity index is 666. The van der Waals surface area contributed by atoms with E-state index >= 15 is 0 Å². The molecule has 2 aromatic rings. The van der Waals surface area contributed by atoms with Crippen LogP contribution in [0.25, 0.3) is 0 Å². The van der Waals surface area contributed by atoms with Gasteiger partial charge >= 0.3 is 11.6 Å². The van der Waals surface area contributed by atoms with E-state index in [4.69, 9.17) is 4.42 Å². The van der Waals surface area contributed by atoms with Gasteiger partial charge in [0.15, 0.2) is 0 Å². The second-order valence-electron chi connectivity index (χ2n) is 3.24. The Morgan fingerprint density at radius 1 is 1.35 bits per heavy atom. The molecule has 88 valence electrons. The average molecular weight is 237 g/mol. The fraction of sp³-hybridized carbons (Fsp3) is 0.111. The Morgan fingerprint density at radius 2 is 2.12 bits per heavy atom. The first-order valence-electron chi connectivity index (χ1n) is 4.59. The van der Waals surface area contributed by atoms with Crippen molar-refractivity contribution in [3.63, 3.8) is 0 Å². The largest absolute Gasteiger partial charge is 0.433 e. The second-order valence-corrected chi connectivity index (χ2v) is 3.24. The second kappa shape index (κ2) is 4.08. The maximum Gasteiger partial charge on any atom is 0.433 e. The zero-order valence-corrected chi connectivity index (χ0v) is 8.45. The summed E-state index contributed by atoms with van der Waals surface area (Å²) in [5, 5.41) is 10.4. The summed E-state index contributed by atoms with van der Waals surface area (Å²) in [6.45, 7) is 0.0173. The highest BCUT2D eigenvalue weighted by molar-refractivity contribution is 5.17. The minimum absolute atomic E-state index is 0.0173. The normalized spacial score (nSPS) is 10.4. The lowest BCUT2D eigenvalue weighted by molar-refractivity contribution is -0.402. The quantitative estimate of drug-likeness (QED) is 0.600. The molecule has 8 heteroatoms. The van der Waals surface area contributed by atoms with E-state index in [-0.39, 0.29) is 12.3 Å². The van der Waals surface area contributed by atoms with Crippen molar-refractivity contribution in [1.82, 2.24) is 9.55 Å². The maximum atomic E-state index is 11.3. The molecular weight excluding hydrogens is 230 g/mol. The van der Waals surface area contributed by atoms with Crippen LogP contribution in [-0.4, -0.2) is 14.5 Å². The summed E-state index contributed by atoms with van der Waals surface area (Å²) in [7, 11) is 0. The summed E-state index contributed by atoms with van der Waals surface area (Å²) < 4.78 is 6.05. The number of nitrogens with zero attached hydrogens (tertiary/aromatic N) is 2. The summed E-state index contributed by atoms with van der Waals surface area (Å²) in [5.41, 5.74) is -1.10. The van der Waals surface area contributed by atoms with Gasteiger partial charge in [0.1, 0.15) is 10.7 Å². The van der Waals surface area contributed by atoms with E-state index in [1.54, 1.807) is 0 Å². The molecule has 1 N–H and O–H groups in total. The molecule has 2 rings (SSSR count). The van der Waals surface area contributed by atoms with Crippen molar-refractivity contribution in [2.24, 2.45) is 0 Å². The molecule has 0 fully saturated rings. The van der Waals surface area contributed by atoms with Crippen molar-refractivity contribution in [3.8, 4) is 0 Å². The number of nitrogens with one attached hydrogen (secondary N) is 1. The number of aromatic amines is 1. The molecule has 0 aliphatic rings. The Morgan fingerprint density at radius 3 is 2.71 bits per heavy atom.